The Morgan fingerprint density at radius 1 is 1.00 bits per heavy atom. The lowest BCUT2D eigenvalue weighted by molar-refractivity contribution is 1.35. The first-order chi connectivity index (χ1) is 7.00. The van der Waals surface area contributed by atoms with Crippen LogP contribution in [0.3, 0.4) is 0 Å². The summed E-state index contributed by atoms with van der Waals surface area (Å²) >= 11 is 5.87. The predicted molar refractivity (Wildman–Crippen MR) is 69.2 cm³/mol. The highest BCUT2D eigenvalue weighted by molar-refractivity contribution is 6.30. The SMILES string of the molecule is CC(C)=CC(=C(C)C)c1ccc(Cl)cc1. The number of hydrogen-bond donors (Lipinski definition) is 0. The molecule has 1 aromatic carbocycles. The third-order valence-electron chi connectivity index (χ3n) is 2.13. The Labute approximate surface area is 97.3 Å². The highest BCUT2D eigenvalue weighted by Gasteiger charge is 2.00. The zero-order chi connectivity index (χ0) is 11.4. The van der Waals surface area contributed by atoms with E-state index >= 15 is 0 Å². The largest absolute Gasteiger partial charge is 0.0843 e. The Balaban J connectivity index is 3.18. The standard InChI is InChI=1S/C14H17Cl/c1-10(2)9-14(11(3)4)12-5-7-13(15)8-6-12/h5-9H,1-4H3. The van der Waals surface area contributed by atoms with Crippen LogP contribution in [0.4, 0.5) is 0 Å². The number of rotatable bonds is 2. The van der Waals surface area contributed by atoms with Crippen molar-refractivity contribution in [3.05, 3.63) is 52.1 Å². The Morgan fingerprint density at radius 3 is 1.93 bits per heavy atom. The minimum atomic E-state index is 0.782. The molecule has 1 rings (SSSR count). The van der Waals surface area contributed by atoms with Gasteiger partial charge in [-0.25, -0.2) is 0 Å². The van der Waals surface area contributed by atoms with Gasteiger partial charge < -0.3 is 0 Å². The monoisotopic (exact) mass is 220 g/mol. The maximum atomic E-state index is 5.87. The van der Waals surface area contributed by atoms with Gasteiger partial charge in [0.15, 0.2) is 0 Å². The second kappa shape index (κ2) is 5.18. The zero-order valence-electron chi connectivity index (χ0n) is 9.76. The maximum Gasteiger partial charge on any atom is 0.0406 e. The van der Waals surface area contributed by atoms with Gasteiger partial charge in [-0.15, -0.1) is 0 Å². The van der Waals surface area contributed by atoms with E-state index in [0.29, 0.717) is 0 Å². The van der Waals surface area contributed by atoms with Crippen LogP contribution < -0.4 is 0 Å². The van der Waals surface area contributed by atoms with Gasteiger partial charge in [-0.05, 0) is 51.0 Å². The molecule has 0 spiro atoms. The average molecular weight is 221 g/mol. The summed E-state index contributed by atoms with van der Waals surface area (Å²) in [5.74, 6) is 0. The Kier molecular flexibility index (Phi) is 4.16. The fourth-order valence-corrected chi connectivity index (χ4v) is 1.56. The Morgan fingerprint density at radius 2 is 1.53 bits per heavy atom. The highest BCUT2D eigenvalue weighted by Crippen LogP contribution is 2.23. The molecule has 0 amide bonds. The van der Waals surface area contributed by atoms with Gasteiger partial charge in [-0.1, -0.05) is 41.0 Å². The van der Waals surface area contributed by atoms with Crippen molar-refractivity contribution in [2.45, 2.75) is 27.7 Å². The molecule has 0 radical (unpaired) electrons. The second-order valence-electron chi connectivity index (χ2n) is 4.14. The molecule has 0 fully saturated rings. The minimum absolute atomic E-state index is 0.782. The molecule has 0 N–H and O–H groups in total. The molecule has 0 aliphatic carbocycles. The average Bonchev–Trinajstić information content (AvgIpc) is 2.15. The van der Waals surface area contributed by atoms with Gasteiger partial charge in [0, 0.05) is 5.02 Å². The molecule has 1 aromatic rings. The highest BCUT2D eigenvalue weighted by atomic mass is 35.5. The van der Waals surface area contributed by atoms with Crippen molar-refractivity contribution in [1.29, 1.82) is 0 Å². The van der Waals surface area contributed by atoms with Gasteiger partial charge in [-0.2, -0.15) is 0 Å². The Hall–Kier alpha value is -1.01. The zero-order valence-corrected chi connectivity index (χ0v) is 10.5. The van der Waals surface area contributed by atoms with Crippen molar-refractivity contribution in [3.63, 3.8) is 0 Å². The van der Waals surface area contributed by atoms with E-state index in [9.17, 15) is 0 Å². The van der Waals surface area contributed by atoms with Crippen LogP contribution >= 0.6 is 11.6 Å². The van der Waals surface area contributed by atoms with Gasteiger partial charge >= 0.3 is 0 Å². The van der Waals surface area contributed by atoms with E-state index in [0.717, 1.165) is 5.02 Å². The fourth-order valence-electron chi connectivity index (χ4n) is 1.43. The molecule has 15 heavy (non-hydrogen) atoms. The number of allylic oxidation sites excluding steroid dienone is 4. The van der Waals surface area contributed by atoms with Crippen LogP contribution in [0.25, 0.3) is 5.57 Å². The van der Waals surface area contributed by atoms with Crippen LogP contribution in [0.2, 0.25) is 5.02 Å². The van der Waals surface area contributed by atoms with Crippen molar-refractivity contribution >= 4 is 17.2 Å². The van der Waals surface area contributed by atoms with Crippen molar-refractivity contribution in [1.82, 2.24) is 0 Å². The van der Waals surface area contributed by atoms with Crippen LogP contribution in [0.15, 0.2) is 41.5 Å². The summed E-state index contributed by atoms with van der Waals surface area (Å²) in [4.78, 5) is 0. The molecule has 0 aromatic heterocycles. The molecule has 0 heterocycles. The summed E-state index contributed by atoms with van der Waals surface area (Å²) in [6.45, 7) is 8.48. The second-order valence-corrected chi connectivity index (χ2v) is 4.58. The summed E-state index contributed by atoms with van der Waals surface area (Å²) in [5.41, 5.74) is 5.13. The molecule has 80 valence electrons. The first kappa shape index (κ1) is 12.1. The van der Waals surface area contributed by atoms with Crippen LogP contribution in [-0.4, -0.2) is 0 Å². The summed E-state index contributed by atoms with van der Waals surface area (Å²) < 4.78 is 0. The molecule has 0 saturated carbocycles. The van der Waals surface area contributed by atoms with Gasteiger partial charge in [0.25, 0.3) is 0 Å². The molecule has 0 saturated heterocycles. The van der Waals surface area contributed by atoms with E-state index in [-0.39, 0.29) is 0 Å². The molecule has 0 aliphatic rings. The summed E-state index contributed by atoms with van der Waals surface area (Å²) in [6, 6.07) is 7.98. The first-order valence-corrected chi connectivity index (χ1v) is 5.47. The lowest BCUT2D eigenvalue weighted by Gasteiger charge is -2.06. The van der Waals surface area contributed by atoms with E-state index in [2.05, 4.69) is 45.9 Å². The van der Waals surface area contributed by atoms with Crippen LogP contribution in [0, 0.1) is 0 Å². The number of halogens is 1. The minimum Gasteiger partial charge on any atom is -0.0843 e. The molecule has 1 heteroatoms. The summed E-state index contributed by atoms with van der Waals surface area (Å²) in [7, 11) is 0. The van der Waals surface area contributed by atoms with Gasteiger partial charge in [-0.3, -0.25) is 0 Å². The normalized spacial score (nSPS) is 9.67. The molecule has 0 aliphatic heterocycles. The van der Waals surface area contributed by atoms with Crippen LogP contribution in [-0.2, 0) is 0 Å². The molecule has 0 unspecified atom stereocenters. The lowest BCUT2D eigenvalue weighted by atomic mass is 9.99. The third kappa shape index (κ3) is 3.56. The summed E-state index contributed by atoms with van der Waals surface area (Å²) in [5, 5.41) is 0.782. The van der Waals surface area contributed by atoms with Crippen molar-refractivity contribution in [2.75, 3.05) is 0 Å². The van der Waals surface area contributed by atoms with Gasteiger partial charge in [0.05, 0.1) is 0 Å². The van der Waals surface area contributed by atoms with E-state index in [1.807, 2.05) is 12.1 Å². The topological polar surface area (TPSA) is 0 Å². The van der Waals surface area contributed by atoms with Crippen molar-refractivity contribution in [2.24, 2.45) is 0 Å². The molecule has 0 bridgehead atoms. The number of hydrogen-bond acceptors (Lipinski definition) is 0. The fraction of sp³-hybridized carbons (Fsp3) is 0.286. The molecule has 0 atom stereocenters. The lowest BCUT2D eigenvalue weighted by Crippen LogP contribution is -1.84. The van der Waals surface area contributed by atoms with E-state index < -0.39 is 0 Å². The van der Waals surface area contributed by atoms with Crippen molar-refractivity contribution < 1.29 is 0 Å². The van der Waals surface area contributed by atoms with Gasteiger partial charge in [0.1, 0.15) is 0 Å². The van der Waals surface area contributed by atoms with E-state index in [1.165, 1.54) is 22.3 Å². The Bertz CT molecular complexity index is 386. The predicted octanol–water partition coefficient (Wildman–Crippen LogP) is 5.10. The molecular weight excluding hydrogens is 204 g/mol. The molecular formula is C14H17Cl. The first-order valence-electron chi connectivity index (χ1n) is 5.09. The summed E-state index contributed by atoms with van der Waals surface area (Å²) in [6.07, 6.45) is 2.21. The van der Waals surface area contributed by atoms with Crippen LogP contribution in [0.5, 0.6) is 0 Å². The molecule has 0 nitrogen and oxygen atoms in total. The van der Waals surface area contributed by atoms with Crippen molar-refractivity contribution in [3.8, 4) is 0 Å². The van der Waals surface area contributed by atoms with E-state index in [4.69, 9.17) is 11.6 Å². The maximum absolute atomic E-state index is 5.87. The van der Waals surface area contributed by atoms with Gasteiger partial charge in [0.2, 0.25) is 0 Å². The van der Waals surface area contributed by atoms with E-state index in [1.54, 1.807) is 0 Å². The number of benzene rings is 1. The third-order valence-corrected chi connectivity index (χ3v) is 2.38. The smallest absolute Gasteiger partial charge is 0.0406 e. The van der Waals surface area contributed by atoms with Crippen LogP contribution in [0.1, 0.15) is 33.3 Å². The quantitative estimate of drug-likeness (QED) is 0.609.